The Balaban J connectivity index is 2.20. The van der Waals surface area contributed by atoms with Gasteiger partial charge in [-0.2, -0.15) is 0 Å². The van der Waals surface area contributed by atoms with E-state index < -0.39 is 23.7 Å². The molecule has 0 spiro atoms. The summed E-state index contributed by atoms with van der Waals surface area (Å²) in [4.78, 5) is 41.0. The average molecular weight is 627 g/mol. The molecule has 2 aromatic carbocycles. The van der Waals surface area contributed by atoms with Crippen molar-refractivity contribution in [3.8, 4) is 28.7 Å². The highest BCUT2D eigenvalue weighted by molar-refractivity contribution is 5.98. The molecule has 0 saturated carbocycles. The molecule has 2 aromatic rings. The normalized spacial score (nSPS) is 16.7. The molecule has 1 unspecified atom stereocenters. The van der Waals surface area contributed by atoms with E-state index in [1.54, 1.807) is 31.2 Å². The van der Waals surface area contributed by atoms with Gasteiger partial charge in [-0.15, -0.1) is 0 Å². The lowest BCUT2D eigenvalue weighted by Crippen LogP contribution is -2.32. The number of hydrogen-bond acceptors (Lipinski definition) is 10. The number of esters is 1. The number of ether oxygens (including phenoxy) is 4. The standard InChI is InChI=1S/C34H46N2O9/c1-21-11-10-14-24(37)13-9-7-8-12-22-17-26(38)31(32(40)30(22)34(41)45-21)25(20-29(39)35-15-16-36(2)3)23-18-27(42-4)33(44-6)28(19-23)43-5/h8,12,17-19,21,25,38,40H,7,9-11,13-16,20H2,1-6H3,(H,35,39)/t21-,25?/m0/s1. The highest BCUT2D eigenvalue weighted by Gasteiger charge is 2.32. The molecule has 11 heteroatoms. The molecule has 0 radical (unpaired) electrons. The summed E-state index contributed by atoms with van der Waals surface area (Å²) in [5, 5.41) is 26.1. The maximum atomic E-state index is 13.6. The minimum Gasteiger partial charge on any atom is -0.507 e. The van der Waals surface area contributed by atoms with E-state index >= 15 is 0 Å². The highest BCUT2D eigenvalue weighted by atomic mass is 16.5. The summed E-state index contributed by atoms with van der Waals surface area (Å²) >= 11 is 0. The van der Waals surface area contributed by atoms with Crippen LogP contribution < -0.4 is 19.5 Å². The summed E-state index contributed by atoms with van der Waals surface area (Å²) in [5.41, 5.74) is 0.592. The first-order valence-electron chi connectivity index (χ1n) is 15.2. The number of Topliss-reactive ketones (excluding diaryl/α,β-unsaturated/α-hetero) is 1. The van der Waals surface area contributed by atoms with Crippen molar-refractivity contribution in [3.63, 3.8) is 0 Å². The number of aromatic hydroxyl groups is 2. The van der Waals surface area contributed by atoms with Crippen molar-refractivity contribution in [1.82, 2.24) is 10.2 Å². The SMILES string of the molecule is COc1cc(C(CC(=O)NCCN(C)C)c2c(O)cc3c(c2O)C(=O)O[C@@H](C)CCCC(=O)CCCC=C3)cc(OC)c1OC. The summed E-state index contributed by atoms with van der Waals surface area (Å²) in [6.45, 7) is 2.73. The number of phenols is 2. The van der Waals surface area contributed by atoms with Crippen molar-refractivity contribution in [2.75, 3.05) is 48.5 Å². The van der Waals surface area contributed by atoms with E-state index in [0.29, 0.717) is 74.4 Å². The molecule has 0 aromatic heterocycles. The second kappa shape index (κ2) is 16.7. The first-order valence-corrected chi connectivity index (χ1v) is 15.2. The zero-order chi connectivity index (χ0) is 33.1. The van der Waals surface area contributed by atoms with E-state index in [4.69, 9.17) is 18.9 Å². The summed E-state index contributed by atoms with van der Waals surface area (Å²) in [6.07, 6.45) is 5.87. The molecule has 2 atom stereocenters. The average Bonchev–Trinajstić information content (AvgIpc) is 2.98. The predicted molar refractivity (Wildman–Crippen MR) is 171 cm³/mol. The molecule has 0 bridgehead atoms. The van der Waals surface area contributed by atoms with Crippen LogP contribution in [-0.2, 0) is 14.3 Å². The van der Waals surface area contributed by atoms with Gasteiger partial charge in [0.2, 0.25) is 11.7 Å². The molecule has 1 aliphatic heterocycles. The molecule has 0 aliphatic carbocycles. The fourth-order valence-electron chi connectivity index (χ4n) is 5.38. The van der Waals surface area contributed by atoms with Crippen LogP contribution in [0.2, 0.25) is 0 Å². The zero-order valence-corrected chi connectivity index (χ0v) is 27.1. The van der Waals surface area contributed by atoms with Crippen molar-refractivity contribution in [1.29, 1.82) is 0 Å². The Labute approximate surface area is 265 Å². The summed E-state index contributed by atoms with van der Waals surface area (Å²) in [5.74, 6) is -1.71. The number of allylic oxidation sites excluding steroid dienone is 1. The molecule has 11 nitrogen and oxygen atoms in total. The van der Waals surface area contributed by atoms with Crippen LogP contribution in [0.5, 0.6) is 28.7 Å². The van der Waals surface area contributed by atoms with Crippen molar-refractivity contribution in [2.45, 2.75) is 63.9 Å². The molecular weight excluding hydrogens is 580 g/mol. The Kier molecular flexibility index (Phi) is 13.1. The number of nitrogens with zero attached hydrogens (tertiary/aromatic N) is 1. The Morgan fingerprint density at radius 1 is 1.04 bits per heavy atom. The van der Waals surface area contributed by atoms with Crippen LogP contribution in [-0.4, -0.2) is 87.4 Å². The highest BCUT2D eigenvalue weighted by Crippen LogP contribution is 2.47. The number of nitrogens with one attached hydrogen (secondary N) is 1. The first-order chi connectivity index (χ1) is 21.5. The maximum Gasteiger partial charge on any atom is 0.342 e. The molecule has 0 fully saturated rings. The lowest BCUT2D eigenvalue weighted by atomic mass is 9.84. The lowest BCUT2D eigenvalue weighted by molar-refractivity contribution is -0.121. The largest absolute Gasteiger partial charge is 0.507 e. The number of ketones is 1. The van der Waals surface area contributed by atoms with Crippen molar-refractivity contribution >= 4 is 23.7 Å². The third-order valence-electron chi connectivity index (χ3n) is 7.76. The minimum atomic E-state index is -0.934. The monoisotopic (exact) mass is 626 g/mol. The number of carbonyl (C=O) groups excluding carboxylic acids is 3. The number of fused-ring (bicyclic) bond motifs is 1. The second-order valence-electron chi connectivity index (χ2n) is 11.4. The smallest absolute Gasteiger partial charge is 0.342 e. The molecule has 3 N–H and O–H groups in total. The number of hydrogen-bond donors (Lipinski definition) is 3. The van der Waals surface area contributed by atoms with Gasteiger partial charge in [0, 0.05) is 43.8 Å². The Morgan fingerprint density at radius 2 is 1.71 bits per heavy atom. The second-order valence-corrected chi connectivity index (χ2v) is 11.4. The van der Waals surface area contributed by atoms with Crippen LogP contribution in [0.15, 0.2) is 24.3 Å². The Bertz CT molecular complexity index is 1360. The van der Waals surface area contributed by atoms with E-state index in [0.717, 1.165) is 0 Å². The van der Waals surface area contributed by atoms with Gasteiger partial charge in [0.05, 0.1) is 27.4 Å². The van der Waals surface area contributed by atoms with E-state index in [-0.39, 0.29) is 40.6 Å². The summed E-state index contributed by atoms with van der Waals surface area (Å²) < 4.78 is 22.3. The number of rotatable bonds is 10. The van der Waals surface area contributed by atoms with Gasteiger partial charge in [-0.25, -0.2) is 4.79 Å². The van der Waals surface area contributed by atoms with Crippen molar-refractivity contribution in [2.24, 2.45) is 0 Å². The van der Waals surface area contributed by atoms with Gasteiger partial charge in [-0.05, 0) is 76.0 Å². The van der Waals surface area contributed by atoms with Gasteiger partial charge >= 0.3 is 5.97 Å². The van der Waals surface area contributed by atoms with Crippen molar-refractivity contribution in [3.05, 3.63) is 46.5 Å². The number of cyclic esters (lactones) is 1. The third kappa shape index (κ3) is 9.37. The van der Waals surface area contributed by atoms with Gasteiger partial charge in [0.25, 0.3) is 0 Å². The number of likely N-dealkylation sites (N-methyl/N-ethyl adjacent to an activating group) is 1. The van der Waals surface area contributed by atoms with Gasteiger partial charge in [-0.3, -0.25) is 9.59 Å². The molecule has 1 amide bonds. The molecule has 3 rings (SSSR count). The molecule has 0 saturated heterocycles. The first kappa shape index (κ1) is 35.2. The van der Waals surface area contributed by atoms with Crippen LogP contribution in [0.4, 0.5) is 0 Å². The minimum absolute atomic E-state index is 0.0181. The van der Waals surface area contributed by atoms with Crippen LogP contribution >= 0.6 is 0 Å². The molecular formula is C34H46N2O9. The molecule has 45 heavy (non-hydrogen) atoms. The van der Waals surface area contributed by atoms with Gasteiger partial charge in [0.15, 0.2) is 11.5 Å². The fourth-order valence-corrected chi connectivity index (χ4v) is 5.38. The molecule has 1 aliphatic rings. The third-order valence-corrected chi connectivity index (χ3v) is 7.76. The quantitative estimate of drug-likeness (QED) is 0.315. The maximum absolute atomic E-state index is 13.6. The van der Waals surface area contributed by atoms with Crippen LogP contribution in [0.1, 0.15) is 84.8 Å². The number of carbonyl (C=O) groups is 3. The topological polar surface area (TPSA) is 144 Å². The number of benzene rings is 2. The number of methoxy groups -OCH3 is 3. The van der Waals surface area contributed by atoms with Gasteiger partial charge < -0.3 is 39.4 Å². The predicted octanol–water partition coefficient (Wildman–Crippen LogP) is 4.81. The number of amides is 1. The van der Waals surface area contributed by atoms with Crippen molar-refractivity contribution < 1.29 is 43.5 Å². The Morgan fingerprint density at radius 3 is 2.33 bits per heavy atom. The van der Waals surface area contributed by atoms with Gasteiger partial charge in [-0.1, -0.05) is 12.2 Å². The van der Waals surface area contributed by atoms with Crippen LogP contribution in [0.3, 0.4) is 0 Å². The van der Waals surface area contributed by atoms with E-state index in [9.17, 15) is 24.6 Å². The zero-order valence-electron chi connectivity index (χ0n) is 27.1. The van der Waals surface area contributed by atoms with E-state index in [1.165, 1.54) is 27.4 Å². The van der Waals surface area contributed by atoms with Crippen LogP contribution in [0, 0.1) is 0 Å². The van der Waals surface area contributed by atoms with Crippen LogP contribution in [0.25, 0.3) is 6.08 Å². The summed E-state index contributed by atoms with van der Waals surface area (Å²) in [7, 11) is 8.18. The number of phenolic OH excluding ortho intramolecular Hbond substituents is 2. The van der Waals surface area contributed by atoms with Gasteiger partial charge in [0.1, 0.15) is 22.8 Å². The Hall–Kier alpha value is -4.25. The fraction of sp³-hybridized carbons (Fsp3) is 0.500. The lowest BCUT2D eigenvalue weighted by Gasteiger charge is -2.24. The van der Waals surface area contributed by atoms with E-state index in [1.807, 2.05) is 19.0 Å². The van der Waals surface area contributed by atoms with E-state index in [2.05, 4.69) is 5.32 Å². The summed E-state index contributed by atoms with van der Waals surface area (Å²) in [6, 6.07) is 4.68. The molecule has 246 valence electrons. The molecule has 1 heterocycles.